The number of benzene rings is 2. The third-order valence-electron chi connectivity index (χ3n) is 3.87. The fourth-order valence-electron chi connectivity index (χ4n) is 2.58. The van der Waals surface area contributed by atoms with Gasteiger partial charge >= 0.3 is 0 Å². The number of rotatable bonds is 7. The fourth-order valence-corrected chi connectivity index (χ4v) is 2.84. The average molecular weight is 376 g/mol. The van der Waals surface area contributed by atoms with Gasteiger partial charge in [-0.1, -0.05) is 59.6 Å². The van der Waals surface area contributed by atoms with E-state index in [0.29, 0.717) is 18.5 Å². The Hall–Kier alpha value is -1.65. The first-order valence-corrected chi connectivity index (χ1v) is 8.68. The molecule has 0 aromatic heterocycles. The summed E-state index contributed by atoms with van der Waals surface area (Å²) in [6.07, 6.45) is 1.16. The standard InChI is InChI=1S/C19H22BrNO2/c1-2-6-18(22)17(14-7-4-3-5-8-14)13-21-19(23)15-9-11-16(20)12-10-15/h3-5,7-12,17-18,22H,2,6,13H2,1H3,(H,21,23)/t17-,18-/m1/s1. The maximum atomic E-state index is 12.3. The van der Waals surface area contributed by atoms with E-state index < -0.39 is 6.10 Å². The molecule has 2 N–H and O–H groups in total. The Kier molecular flexibility index (Phi) is 6.81. The van der Waals surface area contributed by atoms with Gasteiger partial charge in [-0.3, -0.25) is 4.79 Å². The lowest BCUT2D eigenvalue weighted by Gasteiger charge is -2.23. The molecule has 0 saturated carbocycles. The molecule has 0 spiro atoms. The first-order valence-electron chi connectivity index (χ1n) is 7.88. The smallest absolute Gasteiger partial charge is 0.251 e. The predicted octanol–water partition coefficient (Wildman–Crippen LogP) is 4.12. The molecule has 0 fully saturated rings. The zero-order valence-electron chi connectivity index (χ0n) is 13.2. The largest absolute Gasteiger partial charge is 0.392 e. The zero-order valence-corrected chi connectivity index (χ0v) is 14.8. The molecule has 2 rings (SSSR count). The van der Waals surface area contributed by atoms with E-state index in [1.165, 1.54) is 0 Å². The second-order valence-electron chi connectivity index (χ2n) is 5.59. The number of nitrogens with one attached hydrogen (secondary N) is 1. The molecule has 4 heteroatoms. The van der Waals surface area contributed by atoms with Gasteiger partial charge in [0.1, 0.15) is 0 Å². The van der Waals surface area contributed by atoms with Gasteiger partial charge in [-0.2, -0.15) is 0 Å². The number of amides is 1. The number of aliphatic hydroxyl groups excluding tert-OH is 1. The Morgan fingerprint density at radius 3 is 2.39 bits per heavy atom. The van der Waals surface area contributed by atoms with Crippen LogP contribution in [0.3, 0.4) is 0 Å². The minimum atomic E-state index is -0.465. The number of hydrogen-bond acceptors (Lipinski definition) is 2. The summed E-state index contributed by atoms with van der Waals surface area (Å²) >= 11 is 3.36. The van der Waals surface area contributed by atoms with E-state index in [1.807, 2.05) is 49.4 Å². The number of carbonyl (C=O) groups is 1. The molecule has 0 aliphatic heterocycles. The predicted molar refractivity (Wildman–Crippen MR) is 96.6 cm³/mol. The van der Waals surface area contributed by atoms with Crippen molar-refractivity contribution in [3.63, 3.8) is 0 Å². The lowest BCUT2D eigenvalue weighted by atomic mass is 9.91. The van der Waals surface area contributed by atoms with E-state index in [0.717, 1.165) is 16.5 Å². The highest BCUT2D eigenvalue weighted by molar-refractivity contribution is 9.10. The molecule has 23 heavy (non-hydrogen) atoms. The highest BCUT2D eigenvalue weighted by Gasteiger charge is 2.21. The molecule has 2 atom stereocenters. The maximum Gasteiger partial charge on any atom is 0.251 e. The molecule has 0 unspecified atom stereocenters. The minimum absolute atomic E-state index is 0.101. The molecule has 0 aliphatic rings. The topological polar surface area (TPSA) is 49.3 Å². The van der Waals surface area contributed by atoms with Crippen molar-refractivity contribution in [2.45, 2.75) is 31.8 Å². The minimum Gasteiger partial charge on any atom is -0.392 e. The molecular weight excluding hydrogens is 354 g/mol. The summed E-state index contributed by atoms with van der Waals surface area (Å²) in [5.41, 5.74) is 1.66. The Morgan fingerprint density at radius 1 is 1.13 bits per heavy atom. The van der Waals surface area contributed by atoms with Crippen LogP contribution in [0.25, 0.3) is 0 Å². The SMILES string of the molecule is CCC[C@@H](O)[C@H](CNC(=O)c1ccc(Br)cc1)c1ccccc1. The van der Waals surface area contributed by atoms with Crippen LogP contribution in [0, 0.1) is 0 Å². The molecule has 122 valence electrons. The third-order valence-corrected chi connectivity index (χ3v) is 4.39. The molecule has 0 aliphatic carbocycles. The van der Waals surface area contributed by atoms with Crippen LogP contribution in [0.4, 0.5) is 0 Å². The van der Waals surface area contributed by atoms with E-state index in [-0.39, 0.29) is 11.8 Å². The fraction of sp³-hybridized carbons (Fsp3) is 0.316. The van der Waals surface area contributed by atoms with Crippen LogP contribution < -0.4 is 5.32 Å². The highest BCUT2D eigenvalue weighted by atomic mass is 79.9. The van der Waals surface area contributed by atoms with E-state index in [1.54, 1.807) is 12.1 Å². The second-order valence-corrected chi connectivity index (χ2v) is 6.51. The van der Waals surface area contributed by atoms with Crippen LogP contribution in [0.15, 0.2) is 59.1 Å². The van der Waals surface area contributed by atoms with Crippen molar-refractivity contribution in [3.05, 3.63) is 70.2 Å². The number of halogens is 1. The van der Waals surface area contributed by atoms with Crippen molar-refractivity contribution in [1.82, 2.24) is 5.32 Å². The summed E-state index contributed by atoms with van der Waals surface area (Å²) in [5.74, 6) is -0.224. The van der Waals surface area contributed by atoms with E-state index in [4.69, 9.17) is 0 Å². The van der Waals surface area contributed by atoms with Gasteiger partial charge in [-0.05, 0) is 36.2 Å². The van der Waals surface area contributed by atoms with Crippen molar-refractivity contribution >= 4 is 21.8 Å². The molecule has 0 saturated heterocycles. The number of carbonyl (C=O) groups excluding carboxylic acids is 1. The Bertz CT molecular complexity index is 613. The Balaban J connectivity index is 2.06. The van der Waals surface area contributed by atoms with Crippen molar-refractivity contribution in [2.75, 3.05) is 6.54 Å². The highest BCUT2D eigenvalue weighted by Crippen LogP contribution is 2.22. The van der Waals surface area contributed by atoms with Gasteiger partial charge in [0.2, 0.25) is 0 Å². The summed E-state index contributed by atoms with van der Waals surface area (Å²) in [7, 11) is 0. The molecule has 1 amide bonds. The molecule has 2 aromatic rings. The van der Waals surface area contributed by atoms with Crippen LogP contribution in [0.2, 0.25) is 0 Å². The monoisotopic (exact) mass is 375 g/mol. The summed E-state index contributed by atoms with van der Waals surface area (Å²) in [6.45, 7) is 2.46. The van der Waals surface area contributed by atoms with Gasteiger partial charge in [0.05, 0.1) is 6.10 Å². The third kappa shape index (κ3) is 5.19. The van der Waals surface area contributed by atoms with Gasteiger partial charge < -0.3 is 10.4 Å². The van der Waals surface area contributed by atoms with Gasteiger partial charge in [-0.15, -0.1) is 0 Å². The lowest BCUT2D eigenvalue weighted by Crippen LogP contribution is -2.33. The molecule has 0 radical (unpaired) electrons. The van der Waals surface area contributed by atoms with Crippen LogP contribution in [-0.2, 0) is 0 Å². The maximum absolute atomic E-state index is 12.3. The average Bonchev–Trinajstić information content (AvgIpc) is 2.57. The van der Waals surface area contributed by atoms with Crippen molar-refractivity contribution in [2.24, 2.45) is 0 Å². The molecule has 0 bridgehead atoms. The lowest BCUT2D eigenvalue weighted by molar-refractivity contribution is 0.0925. The summed E-state index contributed by atoms with van der Waals surface area (Å²) in [4.78, 5) is 12.3. The first-order chi connectivity index (χ1) is 11.1. The van der Waals surface area contributed by atoms with E-state index in [2.05, 4.69) is 21.2 Å². The van der Waals surface area contributed by atoms with Gasteiger partial charge in [0.25, 0.3) is 5.91 Å². The van der Waals surface area contributed by atoms with Crippen LogP contribution in [0.1, 0.15) is 41.6 Å². The molecular formula is C19H22BrNO2. The summed E-state index contributed by atoms with van der Waals surface area (Å²) < 4.78 is 0.939. The van der Waals surface area contributed by atoms with E-state index >= 15 is 0 Å². The molecule has 2 aromatic carbocycles. The van der Waals surface area contributed by atoms with E-state index in [9.17, 15) is 9.90 Å². The van der Waals surface area contributed by atoms with Crippen LogP contribution in [0.5, 0.6) is 0 Å². The van der Waals surface area contributed by atoms with Gasteiger partial charge in [0, 0.05) is 22.5 Å². The van der Waals surface area contributed by atoms with Crippen LogP contribution in [-0.4, -0.2) is 23.7 Å². The van der Waals surface area contributed by atoms with Crippen molar-refractivity contribution in [3.8, 4) is 0 Å². The quantitative estimate of drug-likeness (QED) is 0.764. The normalized spacial score (nSPS) is 13.3. The Labute approximate surface area is 145 Å². The molecule has 0 heterocycles. The summed E-state index contributed by atoms with van der Waals surface area (Å²) in [6, 6.07) is 17.1. The summed E-state index contributed by atoms with van der Waals surface area (Å²) in [5, 5.41) is 13.4. The van der Waals surface area contributed by atoms with Crippen LogP contribution >= 0.6 is 15.9 Å². The number of aliphatic hydroxyl groups is 1. The zero-order chi connectivity index (χ0) is 16.7. The second kappa shape index (κ2) is 8.85. The Morgan fingerprint density at radius 2 is 1.78 bits per heavy atom. The molecule has 3 nitrogen and oxygen atoms in total. The van der Waals surface area contributed by atoms with Crippen molar-refractivity contribution < 1.29 is 9.90 Å². The number of hydrogen-bond donors (Lipinski definition) is 2. The first kappa shape index (κ1) is 17.7. The van der Waals surface area contributed by atoms with Gasteiger partial charge in [0.15, 0.2) is 0 Å². The van der Waals surface area contributed by atoms with Gasteiger partial charge in [-0.25, -0.2) is 0 Å². The van der Waals surface area contributed by atoms with Crippen molar-refractivity contribution in [1.29, 1.82) is 0 Å².